The molecule has 1 fully saturated rings. The first-order valence-corrected chi connectivity index (χ1v) is 7.47. The predicted octanol–water partition coefficient (Wildman–Crippen LogP) is 3.40. The van der Waals surface area contributed by atoms with Crippen LogP contribution in [0.5, 0.6) is 0 Å². The molecule has 3 nitrogen and oxygen atoms in total. The van der Waals surface area contributed by atoms with Gasteiger partial charge in [0, 0.05) is 17.5 Å². The monoisotopic (exact) mass is 304 g/mol. The first-order valence-electron chi connectivity index (χ1n) is 5.73. The smallest absolute Gasteiger partial charge is 0.252 e. The van der Waals surface area contributed by atoms with Crippen molar-refractivity contribution in [2.45, 2.75) is 24.5 Å². The lowest BCUT2D eigenvalue weighted by Crippen LogP contribution is -2.36. The summed E-state index contributed by atoms with van der Waals surface area (Å²) in [6.45, 7) is 2.84. The van der Waals surface area contributed by atoms with Gasteiger partial charge in [0.2, 0.25) is 0 Å². The Morgan fingerprint density at radius 2 is 2.39 bits per heavy atom. The molecule has 2 rings (SSSR count). The molecule has 0 aliphatic carbocycles. The predicted molar refractivity (Wildman–Crippen MR) is 76.7 cm³/mol. The van der Waals surface area contributed by atoms with Gasteiger partial charge in [-0.05, 0) is 31.6 Å². The van der Waals surface area contributed by atoms with E-state index in [2.05, 4.69) is 17.2 Å². The first kappa shape index (κ1) is 14.0. The topological polar surface area (TPSA) is 42.0 Å². The number of pyridine rings is 1. The van der Waals surface area contributed by atoms with Crippen molar-refractivity contribution in [1.82, 2.24) is 10.3 Å². The molecule has 1 unspecified atom stereocenters. The molecule has 1 aromatic heterocycles. The Bertz CT molecular complexity index is 461. The average molecular weight is 305 g/mol. The molecule has 1 atom stereocenters. The second kappa shape index (κ2) is 5.68. The van der Waals surface area contributed by atoms with Crippen molar-refractivity contribution in [2.24, 2.45) is 0 Å². The van der Waals surface area contributed by atoms with Crippen molar-refractivity contribution in [3.05, 3.63) is 28.0 Å². The first-order chi connectivity index (χ1) is 8.50. The Morgan fingerprint density at radius 3 is 3.00 bits per heavy atom. The van der Waals surface area contributed by atoms with Crippen LogP contribution in [0.15, 0.2) is 12.3 Å². The zero-order valence-electron chi connectivity index (χ0n) is 10.0. The number of halogens is 2. The van der Waals surface area contributed by atoms with Gasteiger partial charge in [-0.2, -0.15) is 11.8 Å². The molecule has 18 heavy (non-hydrogen) atoms. The van der Waals surface area contributed by atoms with Crippen molar-refractivity contribution >= 4 is 40.9 Å². The van der Waals surface area contributed by atoms with Gasteiger partial charge < -0.3 is 5.32 Å². The summed E-state index contributed by atoms with van der Waals surface area (Å²) in [6.07, 6.45) is 3.79. The summed E-state index contributed by atoms with van der Waals surface area (Å²) < 4.78 is 0.152. The molecule has 0 aromatic carbocycles. The van der Waals surface area contributed by atoms with E-state index in [1.54, 1.807) is 0 Å². The van der Waals surface area contributed by atoms with Crippen LogP contribution in [-0.2, 0) is 0 Å². The summed E-state index contributed by atoms with van der Waals surface area (Å²) >= 11 is 13.5. The Balaban J connectivity index is 1.97. The van der Waals surface area contributed by atoms with Crippen LogP contribution in [0.1, 0.15) is 30.1 Å². The standard InChI is InChI=1S/C12H14Cl2N2OS/c1-12(3-2-4-18-12)7-16-11(17)8-5-9(13)10(14)15-6-8/h5-6H,2-4,7H2,1H3,(H,16,17). The minimum atomic E-state index is -0.158. The zero-order chi connectivity index (χ0) is 13.2. The third kappa shape index (κ3) is 3.31. The van der Waals surface area contributed by atoms with Crippen LogP contribution in [0.25, 0.3) is 0 Å². The van der Waals surface area contributed by atoms with Gasteiger partial charge in [0.15, 0.2) is 0 Å². The largest absolute Gasteiger partial charge is 0.351 e. The van der Waals surface area contributed by atoms with Crippen molar-refractivity contribution in [3.63, 3.8) is 0 Å². The summed E-state index contributed by atoms with van der Waals surface area (Å²) in [5.41, 5.74) is 0.441. The van der Waals surface area contributed by atoms with E-state index in [0.29, 0.717) is 17.1 Å². The maximum absolute atomic E-state index is 11.9. The molecular weight excluding hydrogens is 291 g/mol. The van der Waals surface area contributed by atoms with E-state index < -0.39 is 0 Å². The molecule has 0 saturated carbocycles. The summed E-state index contributed by atoms with van der Waals surface area (Å²) in [5.74, 6) is 1.01. The molecule has 1 aromatic rings. The van der Waals surface area contributed by atoms with Crippen molar-refractivity contribution in [2.75, 3.05) is 12.3 Å². The quantitative estimate of drug-likeness (QED) is 0.870. The number of aromatic nitrogens is 1. The Morgan fingerprint density at radius 1 is 1.61 bits per heavy atom. The number of nitrogens with zero attached hydrogens (tertiary/aromatic N) is 1. The lowest BCUT2D eigenvalue weighted by atomic mass is 10.1. The van der Waals surface area contributed by atoms with E-state index >= 15 is 0 Å². The number of carbonyl (C=O) groups excluding carboxylic acids is 1. The van der Waals surface area contributed by atoms with E-state index in [4.69, 9.17) is 23.2 Å². The maximum atomic E-state index is 11.9. The molecule has 2 heterocycles. The average Bonchev–Trinajstić information content (AvgIpc) is 2.77. The molecule has 0 bridgehead atoms. The van der Waals surface area contributed by atoms with Gasteiger partial charge in [-0.1, -0.05) is 23.2 Å². The molecule has 1 amide bonds. The number of amides is 1. The van der Waals surface area contributed by atoms with Gasteiger partial charge >= 0.3 is 0 Å². The maximum Gasteiger partial charge on any atom is 0.252 e. The Hall–Kier alpha value is -0.450. The SMILES string of the molecule is CC1(CNC(=O)c2cnc(Cl)c(Cl)c2)CCCS1. The van der Waals surface area contributed by atoms with Gasteiger partial charge in [-0.15, -0.1) is 0 Å². The number of hydrogen-bond acceptors (Lipinski definition) is 3. The molecule has 0 spiro atoms. The summed E-state index contributed by atoms with van der Waals surface area (Å²) in [6, 6.07) is 1.54. The number of rotatable bonds is 3. The van der Waals surface area contributed by atoms with Gasteiger partial charge in [-0.25, -0.2) is 4.98 Å². The molecule has 1 aliphatic heterocycles. The van der Waals surface area contributed by atoms with Crippen molar-refractivity contribution < 1.29 is 4.79 Å². The number of nitrogens with one attached hydrogen (secondary N) is 1. The van der Waals surface area contributed by atoms with E-state index in [1.807, 2.05) is 11.8 Å². The third-order valence-electron chi connectivity index (χ3n) is 2.98. The van der Waals surface area contributed by atoms with Crippen LogP contribution in [0, 0.1) is 0 Å². The van der Waals surface area contributed by atoms with E-state index in [1.165, 1.54) is 24.4 Å². The van der Waals surface area contributed by atoms with Gasteiger partial charge in [0.1, 0.15) is 5.15 Å². The number of carbonyl (C=O) groups is 1. The van der Waals surface area contributed by atoms with Gasteiger partial charge in [0.05, 0.1) is 10.6 Å². The minimum absolute atomic E-state index is 0.152. The van der Waals surface area contributed by atoms with Gasteiger partial charge in [0.25, 0.3) is 5.91 Å². The molecule has 0 radical (unpaired) electrons. The number of thioether (sulfide) groups is 1. The van der Waals surface area contributed by atoms with Gasteiger partial charge in [-0.3, -0.25) is 4.79 Å². The summed E-state index contributed by atoms with van der Waals surface area (Å²) in [5, 5.41) is 3.44. The molecular formula is C12H14Cl2N2OS. The summed E-state index contributed by atoms with van der Waals surface area (Å²) in [7, 11) is 0. The second-order valence-electron chi connectivity index (χ2n) is 4.58. The highest BCUT2D eigenvalue weighted by molar-refractivity contribution is 8.00. The highest BCUT2D eigenvalue weighted by Gasteiger charge is 2.29. The molecule has 1 N–H and O–H groups in total. The van der Waals surface area contributed by atoms with Crippen LogP contribution in [-0.4, -0.2) is 27.9 Å². The highest BCUT2D eigenvalue weighted by Crippen LogP contribution is 2.37. The minimum Gasteiger partial charge on any atom is -0.351 e. The number of hydrogen-bond donors (Lipinski definition) is 1. The Labute approximate surface area is 121 Å². The normalized spacial score (nSPS) is 23.1. The highest BCUT2D eigenvalue weighted by atomic mass is 35.5. The molecule has 1 aliphatic rings. The van der Waals surface area contributed by atoms with Crippen molar-refractivity contribution in [3.8, 4) is 0 Å². The fourth-order valence-electron chi connectivity index (χ4n) is 1.89. The van der Waals surface area contributed by atoms with E-state index in [9.17, 15) is 4.79 Å². The van der Waals surface area contributed by atoms with Crippen LogP contribution in [0.2, 0.25) is 10.2 Å². The third-order valence-corrected chi connectivity index (χ3v) is 5.21. The Kier molecular flexibility index (Phi) is 4.41. The van der Waals surface area contributed by atoms with Crippen molar-refractivity contribution in [1.29, 1.82) is 0 Å². The second-order valence-corrected chi connectivity index (χ2v) is 7.03. The van der Waals surface area contributed by atoms with Crippen LogP contribution in [0.3, 0.4) is 0 Å². The van der Waals surface area contributed by atoms with E-state index in [-0.39, 0.29) is 15.8 Å². The van der Waals surface area contributed by atoms with Crippen LogP contribution in [0.4, 0.5) is 0 Å². The fourth-order valence-corrected chi connectivity index (χ4v) is 3.41. The molecule has 98 valence electrons. The molecule has 1 saturated heterocycles. The lowest BCUT2D eigenvalue weighted by molar-refractivity contribution is 0.0949. The van der Waals surface area contributed by atoms with Crippen LogP contribution < -0.4 is 5.32 Å². The summed E-state index contributed by atoms with van der Waals surface area (Å²) in [4.78, 5) is 15.8. The fraction of sp³-hybridized carbons (Fsp3) is 0.500. The zero-order valence-corrected chi connectivity index (χ0v) is 12.3. The lowest BCUT2D eigenvalue weighted by Gasteiger charge is -2.22. The van der Waals surface area contributed by atoms with Crippen LogP contribution >= 0.6 is 35.0 Å². The molecule has 6 heteroatoms. The van der Waals surface area contributed by atoms with E-state index in [0.717, 1.165) is 6.42 Å².